The standard InChI is InChI=1S/C4H11BO2/c1-4(2,3)7-5-6/h5-6H,1-3H3. The quantitative estimate of drug-likeness (QED) is 0.474. The summed E-state index contributed by atoms with van der Waals surface area (Å²) in [6.07, 6.45) is 0. The molecule has 0 unspecified atom stereocenters. The van der Waals surface area contributed by atoms with Crippen LogP contribution in [0.5, 0.6) is 0 Å². The molecule has 0 radical (unpaired) electrons. The summed E-state index contributed by atoms with van der Waals surface area (Å²) in [5.74, 6) is 0. The zero-order chi connectivity index (χ0) is 5.91. The molecule has 0 atom stereocenters. The lowest BCUT2D eigenvalue weighted by molar-refractivity contribution is 0.116. The molecule has 7 heavy (non-hydrogen) atoms. The molecule has 3 heteroatoms. The third kappa shape index (κ3) is 5.98. The van der Waals surface area contributed by atoms with Crippen LogP contribution in [0, 0.1) is 0 Å². The first kappa shape index (κ1) is 6.98. The molecular weight excluding hydrogens is 90.9 g/mol. The summed E-state index contributed by atoms with van der Waals surface area (Å²) in [5, 5.41) is 8.18. The summed E-state index contributed by atoms with van der Waals surface area (Å²) in [6, 6.07) is 0. The van der Waals surface area contributed by atoms with Crippen LogP contribution < -0.4 is 0 Å². The van der Waals surface area contributed by atoms with Gasteiger partial charge in [0, 0.05) is 5.60 Å². The van der Waals surface area contributed by atoms with E-state index in [2.05, 4.69) is 0 Å². The van der Waals surface area contributed by atoms with Crippen molar-refractivity contribution in [3.8, 4) is 0 Å². The Labute approximate surface area is 44.8 Å². The minimum atomic E-state index is -0.200. The lowest BCUT2D eigenvalue weighted by Crippen LogP contribution is -2.21. The highest BCUT2D eigenvalue weighted by atomic mass is 16.5. The third-order valence-electron chi connectivity index (χ3n) is 0.498. The van der Waals surface area contributed by atoms with E-state index in [0.29, 0.717) is 0 Å². The lowest BCUT2D eigenvalue weighted by atomic mass is 10.1. The lowest BCUT2D eigenvalue weighted by Gasteiger charge is -2.16. The highest BCUT2D eigenvalue weighted by molar-refractivity contribution is 6.16. The second-order valence-electron chi connectivity index (χ2n) is 2.39. The summed E-state index contributed by atoms with van der Waals surface area (Å²) in [5.41, 5.74) is -0.200. The van der Waals surface area contributed by atoms with E-state index < -0.39 is 0 Å². The zero-order valence-electron chi connectivity index (χ0n) is 5.06. The van der Waals surface area contributed by atoms with Crippen molar-refractivity contribution in [2.24, 2.45) is 0 Å². The fourth-order valence-corrected chi connectivity index (χ4v) is 0.194. The second kappa shape index (κ2) is 2.33. The van der Waals surface area contributed by atoms with Crippen LogP contribution in [0.3, 0.4) is 0 Å². The van der Waals surface area contributed by atoms with Gasteiger partial charge in [0.2, 0.25) is 0 Å². The molecule has 0 amide bonds. The van der Waals surface area contributed by atoms with E-state index in [-0.39, 0.29) is 13.3 Å². The minimum Gasteiger partial charge on any atom is -0.430 e. The van der Waals surface area contributed by atoms with E-state index >= 15 is 0 Å². The first-order valence-electron chi connectivity index (χ1n) is 2.31. The maximum Gasteiger partial charge on any atom is 0.435 e. The summed E-state index contributed by atoms with van der Waals surface area (Å²) in [4.78, 5) is 0. The number of hydrogen-bond donors (Lipinski definition) is 1. The van der Waals surface area contributed by atoms with Gasteiger partial charge in [0.25, 0.3) is 0 Å². The van der Waals surface area contributed by atoms with Gasteiger partial charge in [-0.2, -0.15) is 0 Å². The van der Waals surface area contributed by atoms with Crippen molar-refractivity contribution in [2.75, 3.05) is 0 Å². The van der Waals surface area contributed by atoms with Crippen molar-refractivity contribution >= 4 is 7.69 Å². The predicted octanol–water partition coefficient (Wildman–Crippen LogP) is 0.0603. The average Bonchev–Trinajstić information content (AvgIpc) is 1.30. The van der Waals surface area contributed by atoms with Crippen molar-refractivity contribution in [1.29, 1.82) is 0 Å². The molecule has 0 bridgehead atoms. The fraction of sp³-hybridized carbons (Fsp3) is 1.00. The monoisotopic (exact) mass is 102 g/mol. The van der Waals surface area contributed by atoms with E-state index in [0.717, 1.165) is 0 Å². The van der Waals surface area contributed by atoms with Gasteiger partial charge < -0.3 is 9.68 Å². The topological polar surface area (TPSA) is 29.5 Å². The molecule has 0 rings (SSSR count). The Morgan fingerprint density at radius 2 is 1.86 bits per heavy atom. The average molecular weight is 102 g/mol. The maximum atomic E-state index is 8.18. The van der Waals surface area contributed by atoms with Crippen LogP contribution in [0.2, 0.25) is 0 Å². The normalized spacial score (nSPS) is 11.4. The minimum absolute atomic E-state index is 0.191. The number of hydrogen-bond acceptors (Lipinski definition) is 2. The Bertz CT molecular complexity index is 48.1. The van der Waals surface area contributed by atoms with Crippen molar-refractivity contribution in [3.05, 3.63) is 0 Å². The van der Waals surface area contributed by atoms with Gasteiger partial charge in [-0.15, -0.1) is 0 Å². The van der Waals surface area contributed by atoms with Gasteiger partial charge in [0.15, 0.2) is 0 Å². The van der Waals surface area contributed by atoms with Crippen molar-refractivity contribution < 1.29 is 9.68 Å². The summed E-state index contributed by atoms with van der Waals surface area (Å²) < 4.78 is 4.78. The fourth-order valence-electron chi connectivity index (χ4n) is 0.194. The molecule has 0 aliphatic carbocycles. The first-order chi connectivity index (χ1) is 3.06. The summed E-state index contributed by atoms with van der Waals surface area (Å²) in [7, 11) is -0.191. The Kier molecular flexibility index (Phi) is 2.33. The molecule has 1 N–H and O–H groups in total. The molecule has 2 nitrogen and oxygen atoms in total. The predicted molar refractivity (Wildman–Crippen MR) is 30.2 cm³/mol. The molecule has 0 aromatic carbocycles. The van der Waals surface area contributed by atoms with Crippen LogP contribution in [-0.2, 0) is 4.65 Å². The molecule has 0 saturated carbocycles. The molecular formula is C4H11BO2. The molecule has 0 aromatic heterocycles. The second-order valence-corrected chi connectivity index (χ2v) is 2.39. The molecule has 0 heterocycles. The van der Waals surface area contributed by atoms with E-state index in [1.807, 2.05) is 20.8 Å². The molecule has 0 saturated heterocycles. The van der Waals surface area contributed by atoms with Gasteiger partial charge >= 0.3 is 7.69 Å². The maximum absolute atomic E-state index is 8.18. The van der Waals surface area contributed by atoms with Crippen LogP contribution >= 0.6 is 0 Å². The van der Waals surface area contributed by atoms with Gasteiger partial charge in [-0.1, -0.05) is 0 Å². The van der Waals surface area contributed by atoms with Gasteiger partial charge in [-0.05, 0) is 20.8 Å². The molecule has 0 aliphatic heterocycles. The Hall–Kier alpha value is -0.0151. The molecule has 0 fully saturated rings. The van der Waals surface area contributed by atoms with Gasteiger partial charge in [0.1, 0.15) is 0 Å². The Balaban J connectivity index is 3.15. The largest absolute Gasteiger partial charge is 0.435 e. The van der Waals surface area contributed by atoms with Crippen LogP contribution in [0.4, 0.5) is 0 Å². The van der Waals surface area contributed by atoms with Gasteiger partial charge in [-0.25, -0.2) is 0 Å². The van der Waals surface area contributed by atoms with Gasteiger partial charge in [0.05, 0.1) is 0 Å². The van der Waals surface area contributed by atoms with Crippen molar-refractivity contribution in [1.82, 2.24) is 0 Å². The molecule has 0 aliphatic rings. The van der Waals surface area contributed by atoms with Crippen LogP contribution in [0.15, 0.2) is 0 Å². The van der Waals surface area contributed by atoms with E-state index in [9.17, 15) is 0 Å². The number of rotatable bonds is 1. The first-order valence-corrected chi connectivity index (χ1v) is 2.31. The molecule has 0 spiro atoms. The van der Waals surface area contributed by atoms with Crippen molar-refractivity contribution in [2.45, 2.75) is 26.4 Å². The molecule has 42 valence electrons. The molecule has 0 aromatic rings. The van der Waals surface area contributed by atoms with Crippen LogP contribution in [0.25, 0.3) is 0 Å². The highest BCUT2D eigenvalue weighted by Crippen LogP contribution is 2.03. The van der Waals surface area contributed by atoms with E-state index in [1.54, 1.807) is 0 Å². The third-order valence-corrected chi connectivity index (χ3v) is 0.498. The van der Waals surface area contributed by atoms with Gasteiger partial charge in [-0.3, -0.25) is 0 Å². The summed E-state index contributed by atoms with van der Waals surface area (Å²) >= 11 is 0. The zero-order valence-corrected chi connectivity index (χ0v) is 5.06. The van der Waals surface area contributed by atoms with Crippen molar-refractivity contribution in [3.63, 3.8) is 0 Å². The van der Waals surface area contributed by atoms with E-state index in [1.165, 1.54) is 0 Å². The Morgan fingerprint density at radius 1 is 1.43 bits per heavy atom. The van der Waals surface area contributed by atoms with Crippen LogP contribution in [-0.4, -0.2) is 18.3 Å². The smallest absolute Gasteiger partial charge is 0.430 e. The van der Waals surface area contributed by atoms with E-state index in [4.69, 9.17) is 9.68 Å². The Morgan fingerprint density at radius 3 is 1.86 bits per heavy atom. The van der Waals surface area contributed by atoms with Crippen LogP contribution in [0.1, 0.15) is 20.8 Å². The summed E-state index contributed by atoms with van der Waals surface area (Å²) in [6.45, 7) is 5.68. The SMILES string of the molecule is CC(C)(C)OBO. The highest BCUT2D eigenvalue weighted by Gasteiger charge is 2.07.